The second-order valence-corrected chi connectivity index (χ2v) is 4.45. The van der Waals surface area contributed by atoms with Crippen LogP contribution in [0.3, 0.4) is 0 Å². The van der Waals surface area contributed by atoms with Crippen molar-refractivity contribution in [2.75, 3.05) is 13.7 Å². The van der Waals surface area contributed by atoms with Gasteiger partial charge in [0.1, 0.15) is 11.4 Å². The van der Waals surface area contributed by atoms with E-state index in [-0.39, 0.29) is 6.04 Å². The highest BCUT2D eigenvalue weighted by molar-refractivity contribution is 9.10. The van der Waals surface area contributed by atoms with Crippen LogP contribution in [-0.2, 0) is 0 Å². The third kappa shape index (κ3) is 2.57. The van der Waals surface area contributed by atoms with Gasteiger partial charge in [-0.3, -0.25) is 4.98 Å². The number of hydrogen-bond donors (Lipinski definition) is 1. The summed E-state index contributed by atoms with van der Waals surface area (Å²) < 4.78 is 11.4. The second-order valence-electron chi connectivity index (χ2n) is 3.73. The van der Waals surface area contributed by atoms with E-state index in [1.807, 2.05) is 18.2 Å². The Kier molecular flexibility index (Phi) is 4.38. The summed E-state index contributed by atoms with van der Waals surface area (Å²) in [5.74, 6) is 0.761. The molecule has 1 unspecified atom stereocenters. The van der Waals surface area contributed by atoms with Gasteiger partial charge in [-0.1, -0.05) is 6.92 Å². The van der Waals surface area contributed by atoms with E-state index in [0.717, 1.165) is 23.6 Å². The number of methoxy groups -OCH3 is 1. The molecule has 18 heavy (non-hydrogen) atoms. The Bertz CT molecular complexity index is 513. The summed E-state index contributed by atoms with van der Waals surface area (Å²) in [6, 6.07) is 5.63. The van der Waals surface area contributed by atoms with Crippen molar-refractivity contribution in [3.05, 3.63) is 46.6 Å². The summed E-state index contributed by atoms with van der Waals surface area (Å²) in [5, 5.41) is 3.38. The lowest BCUT2D eigenvalue weighted by atomic mass is 10.1. The number of pyridine rings is 1. The first kappa shape index (κ1) is 13.1. The molecule has 0 spiro atoms. The number of nitrogens with zero attached hydrogens (tertiary/aromatic N) is 1. The van der Waals surface area contributed by atoms with Gasteiger partial charge in [0.25, 0.3) is 0 Å². The highest BCUT2D eigenvalue weighted by atomic mass is 79.9. The standard InChI is InChI=1S/C13H15BrN2O2/c1-3-15-11(9-6-8-18-13(9)14)12-10(17-2)5-4-7-16-12/h4-8,11,15H,3H2,1-2H3. The molecule has 0 bridgehead atoms. The molecule has 2 aromatic heterocycles. The van der Waals surface area contributed by atoms with Crippen LogP contribution in [0.1, 0.15) is 24.2 Å². The number of rotatable bonds is 5. The molecule has 1 atom stereocenters. The van der Waals surface area contributed by atoms with Crippen LogP contribution in [0.4, 0.5) is 0 Å². The minimum atomic E-state index is -0.0562. The van der Waals surface area contributed by atoms with Gasteiger partial charge >= 0.3 is 0 Å². The fraction of sp³-hybridized carbons (Fsp3) is 0.308. The van der Waals surface area contributed by atoms with Gasteiger partial charge < -0.3 is 14.5 Å². The van der Waals surface area contributed by atoms with Gasteiger partial charge in [0.15, 0.2) is 4.67 Å². The average Bonchev–Trinajstić information content (AvgIpc) is 2.82. The first-order chi connectivity index (χ1) is 8.77. The van der Waals surface area contributed by atoms with E-state index < -0.39 is 0 Å². The fourth-order valence-corrected chi connectivity index (χ4v) is 2.33. The Labute approximate surface area is 114 Å². The minimum Gasteiger partial charge on any atom is -0.495 e. The third-order valence-corrected chi connectivity index (χ3v) is 3.30. The maximum absolute atomic E-state index is 5.36. The Balaban J connectivity index is 2.45. The largest absolute Gasteiger partial charge is 0.495 e. The van der Waals surface area contributed by atoms with E-state index in [9.17, 15) is 0 Å². The number of ether oxygens (including phenoxy) is 1. The van der Waals surface area contributed by atoms with E-state index in [1.54, 1.807) is 19.6 Å². The van der Waals surface area contributed by atoms with E-state index in [1.165, 1.54) is 0 Å². The number of hydrogen-bond acceptors (Lipinski definition) is 4. The van der Waals surface area contributed by atoms with Gasteiger partial charge in [0.2, 0.25) is 0 Å². The van der Waals surface area contributed by atoms with Crippen LogP contribution in [-0.4, -0.2) is 18.6 Å². The van der Waals surface area contributed by atoms with Crippen LogP contribution in [0.25, 0.3) is 0 Å². The lowest BCUT2D eigenvalue weighted by Gasteiger charge is -2.18. The van der Waals surface area contributed by atoms with Crippen molar-refractivity contribution in [2.24, 2.45) is 0 Å². The number of aromatic nitrogens is 1. The zero-order valence-electron chi connectivity index (χ0n) is 10.3. The molecule has 0 aliphatic rings. The summed E-state index contributed by atoms with van der Waals surface area (Å²) in [6.45, 7) is 2.87. The molecule has 0 saturated carbocycles. The average molecular weight is 311 g/mol. The summed E-state index contributed by atoms with van der Waals surface area (Å²) in [6.07, 6.45) is 3.41. The fourth-order valence-electron chi connectivity index (χ4n) is 1.86. The van der Waals surface area contributed by atoms with Gasteiger partial charge in [0.05, 0.1) is 19.4 Å². The van der Waals surface area contributed by atoms with Crippen molar-refractivity contribution >= 4 is 15.9 Å². The van der Waals surface area contributed by atoms with Crippen molar-refractivity contribution in [2.45, 2.75) is 13.0 Å². The Morgan fingerprint density at radius 3 is 2.94 bits per heavy atom. The number of nitrogens with one attached hydrogen (secondary N) is 1. The van der Waals surface area contributed by atoms with Gasteiger partial charge in [-0.15, -0.1) is 0 Å². The monoisotopic (exact) mass is 310 g/mol. The maximum Gasteiger partial charge on any atom is 0.174 e. The molecule has 0 aromatic carbocycles. The summed E-state index contributed by atoms with van der Waals surface area (Å²) in [7, 11) is 1.65. The molecule has 2 rings (SSSR count). The molecular formula is C13H15BrN2O2. The van der Waals surface area contributed by atoms with E-state index in [2.05, 4.69) is 33.2 Å². The Morgan fingerprint density at radius 2 is 2.33 bits per heavy atom. The summed E-state index contributed by atoms with van der Waals surface area (Å²) in [5.41, 5.74) is 1.86. The van der Waals surface area contributed by atoms with Gasteiger partial charge in [-0.25, -0.2) is 0 Å². The molecule has 2 heterocycles. The molecule has 1 N–H and O–H groups in total. The highest BCUT2D eigenvalue weighted by Crippen LogP contribution is 2.32. The van der Waals surface area contributed by atoms with Crippen LogP contribution in [0.2, 0.25) is 0 Å². The number of furan rings is 1. The molecule has 0 aliphatic carbocycles. The predicted octanol–water partition coefficient (Wildman–Crippen LogP) is 3.14. The zero-order valence-corrected chi connectivity index (χ0v) is 11.9. The second kappa shape index (κ2) is 6.02. The van der Waals surface area contributed by atoms with Crippen molar-refractivity contribution in [1.29, 1.82) is 0 Å². The lowest BCUT2D eigenvalue weighted by molar-refractivity contribution is 0.400. The van der Waals surface area contributed by atoms with Crippen LogP contribution in [0.5, 0.6) is 5.75 Å². The molecule has 0 fully saturated rings. The smallest absolute Gasteiger partial charge is 0.174 e. The first-order valence-corrected chi connectivity index (χ1v) is 6.52. The van der Waals surface area contributed by atoms with Crippen LogP contribution in [0, 0.1) is 0 Å². The molecule has 2 aromatic rings. The molecule has 5 heteroatoms. The van der Waals surface area contributed by atoms with E-state index in [4.69, 9.17) is 9.15 Å². The van der Waals surface area contributed by atoms with Crippen molar-refractivity contribution < 1.29 is 9.15 Å². The van der Waals surface area contributed by atoms with Gasteiger partial charge in [0, 0.05) is 11.8 Å². The van der Waals surface area contributed by atoms with Crippen molar-refractivity contribution in [3.8, 4) is 5.75 Å². The van der Waals surface area contributed by atoms with Gasteiger partial charge in [-0.2, -0.15) is 0 Å². The maximum atomic E-state index is 5.36. The van der Waals surface area contributed by atoms with Crippen LogP contribution < -0.4 is 10.1 Å². The van der Waals surface area contributed by atoms with Crippen molar-refractivity contribution in [1.82, 2.24) is 10.3 Å². The molecule has 96 valence electrons. The summed E-state index contributed by atoms with van der Waals surface area (Å²) in [4.78, 5) is 4.42. The van der Waals surface area contributed by atoms with E-state index in [0.29, 0.717) is 4.67 Å². The topological polar surface area (TPSA) is 47.3 Å². The molecule has 0 saturated heterocycles. The van der Waals surface area contributed by atoms with Crippen molar-refractivity contribution in [3.63, 3.8) is 0 Å². The predicted molar refractivity (Wildman–Crippen MR) is 72.7 cm³/mol. The van der Waals surface area contributed by atoms with E-state index >= 15 is 0 Å². The Hall–Kier alpha value is -1.33. The zero-order chi connectivity index (χ0) is 13.0. The SMILES string of the molecule is CCNC(c1ccoc1Br)c1ncccc1OC. The lowest BCUT2D eigenvalue weighted by Crippen LogP contribution is -2.23. The summed E-state index contributed by atoms with van der Waals surface area (Å²) >= 11 is 3.41. The van der Waals surface area contributed by atoms with Crippen LogP contribution in [0.15, 0.2) is 39.7 Å². The minimum absolute atomic E-state index is 0.0562. The molecule has 0 radical (unpaired) electrons. The van der Waals surface area contributed by atoms with Crippen LogP contribution >= 0.6 is 15.9 Å². The highest BCUT2D eigenvalue weighted by Gasteiger charge is 2.22. The Morgan fingerprint density at radius 1 is 1.50 bits per heavy atom. The third-order valence-electron chi connectivity index (χ3n) is 2.66. The number of halogens is 1. The molecular weight excluding hydrogens is 296 g/mol. The quantitative estimate of drug-likeness (QED) is 0.921. The molecule has 0 aliphatic heterocycles. The molecule has 4 nitrogen and oxygen atoms in total. The molecule has 0 amide bonds. The van der Waals surface area contributed by atoms with Gasteiger partial charge in [-0.05, 0) is 40.7 Å². The normalized spacial score (nSPS) is 12.4. The first-order valence-electron chi connectivity index (χ1n) is 5.73.